The summed E-state index contributed by atoms with van der Waals surface area (Å²) in [6.45, 7) is 1.66. The minimum Gasteiger partial charge on any atom is -0.330 e. The summed E-state index contributed by atoms with van der Waals surface area (Å²) in [5.74, 6) is 0.197. The molecule has 0 N–H and O–H groups in total. The smallest absolute Gasteiger partial charge is 0.152 e. The van der Waals surface area contributed by atoms with E-state index in [-0.39, 0.29) is 11.8 Å². The van der Waals surface area contributed by atoms with Crippen LogP contribution in [0.15, 0.2) is 48.8 Å². The van der Waals surface area contributed by atoms with E-state index < -0.39 is 0 Å². The van der Waals surface area contributed by atoms with Gasteiger partial charge in [0.2, 0.25) is 0 Å². The van der Waals surface area contributed by atoms with Gasteiger partial charge in [-0.25, -0.2) is 0 Å². The largest absolute Gasteiger partial charge is 0.330 e. The highest BCUT2D eigenvalue weighted by Gasteiger charge is 2.32. The number of carbonyl (C=O) groups is 1. The van der Waals surface area contributed by atoms with Crippen molar-refractivity contribution in [1.82, 2.24) is 4.98 Å². The maximum atomic E-state index is 11.8. The zero-order chi connectivity index (χ0) is 12.5. The number of fused-ring (bicyclic) bond motifs is 1. The lowest BCUT2D eigenvalue weighted by atomic mass is 10.1. The number of pyridine rings is 1. The van der Waals surface area contributed by atoms with Gasteiger partial charge in [0.1, 0.15) is 0 Å². The van der Waals surface area contributed by atoms with E-state index in [2.05, 4.69) is 22.0 Å². The molecule has 1 aromatic carbocycles. The third-order valence-corrected chi connectivity index (χ3v) is 3.39. The Morgan fingerprint density at radius 2 is 1.94 bits per heavy atom. The maximum Gasteiger partial charge on any atom is 0.152 e. The van der Waals surface area contributed by atoms with Gasteiger partial charge in [-0.15, -0.1) is 0 Å². The molecule has 90 valence electrons. The van der Waals surface area contributed by atoms with Gasteiger partial charge in [-0.3, -0.25) is 9.78 Å². The lowest BCUT2D eigenvalue weighted by Gasteiger charge is -2.25. The van der Waals surface area contributed by atoms with Crippen molar-refractivity contribution >= 4 is 17.2 Å². The normalized spacial score (nSPS) is 17.6. The van der Waals surface area contributed by atoms with Crippen molar-refractivity contribution in [2.75, 3.05) is 4.90 Å². The molecule has 1 aliphatic heterocycles. The van der Waals surface area contributed by atoms with Crippen LogP contribution in [0.1, 0.15) is 12.5 Å². The molecule has 0 amide bonds. The predicted molar refractivity (Wildman–Crippen MR) is 71.0 cm³/mol. The molecule has 3 rings (SSSR count). The average Bonchev–Trinajstić information content (AvgIpc) is 2.79. The predicted octanol–water partition coefficient (Wildman–Crippen LogP) is 2.73. The van der Waals surface area contributed by atoms with Gasteiger partial charge in [0, 0.05) is 30.2 Å². The van der Waals surface area contributed by atoms with Crippen molar-refractivity contribution in [3.8, 4) is 0 Å². The average molecular weight is 238 g/mol. The van der Waals surface area contributed by atoms with Crippen molar-refractivity contribution in [3.63, 3.8) is 0 Å². The lowest BCUT2D eigenvalue weighted by Crippen LogP contribution is -2.33. The van der Waals surface area contributed by atoms with Crippen molar-refractivity contribution in [1.29, 1.82) is 0 Å². The van der Waals surface area contributed by atoms with Gasteiger partial charge in [0.05, 0.1) is 6.04 Å². The molecule has 0 saturated carbocycles. The topological polar surface area (TPSA) is 33.2 Å². The molecule has 2 heterocycles. The van der Waals surface area contributed by atoms with E-state index in [1.165, 1.54) is 5.56 Å². The number of carbonyl (C=O) groups excluding carboxylic acids is 1. The van der Waals surface area contributed by atoms with Crippen LogP contribution in [-0.2, 0) is 11.2 Å². The second-order valence-electron chi connectivity index (χ2n) is 4.53. The minimum absolute atomic E-state index is 0.0928. The van der Waals surface area contributed by atoms with E-state index in [9.17, 15) is 4.79 Å². The second-order valence-corrected chi connectivity index (χ2v) is 4.53. The van der Waals surface area contributed by atoms with Crippen LogP contribution in [0.2, 0.25) is 0 Å². The summed E-state index contributed by atoms with van der Waals surface area (Å²) in [6, 6.07) is 12.0. The number of aromatic nitrogens is 1. The fraction of sp³-hybridized carbons (Fsp3) is 0.200. The third-order valence-electron chi connectivity index (χ3n) is 3.39. The molecule has 1 atom stereocenters. The fourth-order valence-corrected chi connectivity index (χ4v) is 2.54. The molecule has 0 spiro atoms. The van der Waals surface area contributed by atoms with E-state index in [1.807, 2.05) is 24.3 Å². The van der Waals surface area contributed by atoms with Crippen LogP contribution >= 0.6 is 0 Å². The molecule has 3 nitrogen and oxygen atoms in total. The van der Waals surface area contributed by atoms with Crippen molar-refractivity contribution in [2.45, 2.75) is 19.4 Å². The molecular weight excluding hydrogens is 224 g/mol. The number of nitrogens with zero attached hydrogens (tertiary/aromatic N) is 2. The van der Waals surface area contributed by atoms with E-state index >= 15 is 0 Å². The van der Waals surface area contributed by atoms with Gasteiger partial charge in [-0.2, -0.15) is 0 Å². The zero-order valence-electron chi connectivity index (χ0n) is 10.2. The molecule has 1 aliphatic rings. The Morgan fingerprint density at radius 1 is 1.22 bits per heavy atom. The zero-order valence-corrected chi connectivity index (χ0v) is 10.2. The van der Waals surface area contributed by atoms with Crippen LogP contribution in [0.4, 0.5) is 11.4 Å². The standard InChI is InChI=1S/C15H14N2O/c1-11(18)15-10-12-4-2-3-5-14(12)17(15)13-6-8-16-9-7-13/h2-9,15H,10H2,1H3. The monoisotopic (exact) mass is 238 g/mol. The van der Waals surface area contributed by atoms with Crippen LogP contribution in [-0.4, -0.2) is 16.8 Å². The summed E-state index contributed by atoms with van der Waals surface area (Å²) in [5.41, 5.74) is 3.38. The summed E-state index contributed by atoms with van der Waals surface area (Å²) in [7, 11) is 0. The SMILES string of the molecule is CC(=O)C1Cc2ccccc2N1c1ccncc1. The summed E-state index contributed by atoms with van der Waals surface area (Å²) in [6.07, 6.45) is 4.30. The van der Waals surface area contributed by atoms with Crippen LogP contribution < -0.4 is 4.90 Å². The van der Waals surface area contributed by atoms with Crippen LogP contribution in [0.25, 0.3) is 0 Å². The lowest BCUT2D eigenvalue weighted by molar-refractivity contribution is -0.117. The Bertz CT molecular complexity index is 580. The summed E-state index contributed by atoms with van der Waals surface area (Å²) in [5, 5.41) is 0. The molecule has 18 heavy (non-hydrogen) atoms. The van der Waals surface area contributed by atoms with Crippen LogP contribution in [0.3, 0.4) is 0 Å². The molecule has 3 heteroatoms. The first kappa shape index (κ1) is 11.0. The Morgan fingerprint density at radius 3 is 2.67 bits per heavy atom. The Hall–Kier alpha value is -2.16. The molecular formula is C15H14N2O. The van der Waals surface area contributed by atoms with Gasteiger partial charge in [0.25, 0.3) is 0 Å². The maximum absolute atomic E-state index is 11.8. The molecule has 0 fully saturated rings. The van der Waals surface area contributed by atoms with Gasteiger partial charge in [-0.05, 0) is 30.7 Å². The number of hydrogen-bond donors (Lipinski definition) is 0. The molecule has 0 bridgehead atoms. The molecule has 0 aliphatic carbocycles. The number of ketones is 1. The Kier molecular flexibility index (Phi) is 2.59. The molecule has 1 unspecified atom stereocenters. The quantitative estimate of drug-likeness (QED) is 0.806. The second kappa shape index (κ2) is 4.26. The van der Waals surface area contributed by atoms with Crippen molar-refractivity contribution < 1.29 is 4.79 Å². The molecule has 0 saturated heterocycles. The highest BCUT2D eigenvalue weighted by atomic mass is 16.1. The van der Waals surface area contributed by atoms with E-state index in [0.29, 0.717) is 0 Å². The first-order chi connectivity index (χ1) is 8.77. The van der Waals surface area contributed by atoms with Gasteiger partial charge >= 0.3 is 0 Å². The Balaban J connectivity index is 2.11. The molecule has 2 aromatic rings. The number of rotatable bonds is 2. The summed E-state index contributed by atoms with van der Waals surface area (Å²) >= 11 is 0. The van der Waals surface area contributed by atoms with Gasteiger partial charge < -0.3 is 4.90 Å². The van der Waals surface area contributed by atoms with Crippen molar-refractivity contribution in [3.05, 3.63) is 54.4 Å². The minimum atomic E-state index is -0.0928. The third kappa shape index (κ3) is 1.68. The highest BCUT2D eigenvalue weighted by molar-refractivity contribution is 5.91. The molecule has 1 aromatic heterocycles. The van der Waals surface area contributed by atoms with Crippen LogP contribution in [0.5, 0.6) is 0 Å². The Labute approximate surface area is 106 Å². The number of Topliss-reactive ketones (excluding diaryl/α,β-unsaturated/α-hetero) is 1. The first-order valence-corrected chi connectivity index (χ1v) is 6.05. The van der Waals surface area contributed by atoms with Crippen molar-refractivity contribution in [2.24, 2.45) is 0 Å². The number of para-hydroxylation sites is 1. The number of hydrogen-bond acceptors (Lipinski definition) is 3. The van der Waals surface area contributed by atoms with E-state index in [0.717, 1.165) is 17.8 Å². The first-order valence-electron chi connectivity index (χ1n) is 6.05. The van der Waals surface area contributed by atoms with Crippen LogP contribution in [0, 0.1) is 0 Å². The fourth-order valence-electron chi connectivity index (χ4n) is 2.54. The van der Waals surface area contributed by atoms with Gasteiger partial charge in [-0.1, -0.05) is 18.2 Å². The van der Waals surface area contributed by atoms with E-state index in [1.54, 1.807) is 19.3 Å². The summed E-state index contributed by atoms with van der Waals surface area (Å²) in [4.78, 5) is 18.0. The number of benzene rings is 1. The number of anilines is 2. The molecule has 0 radical (unpaired) electrons. The summed E-state index contributed by atoms with van der Waals surface area (Å²) < 4.78 is 0. The highest BCUT2D eigenvalue weighted by Crippen LogP contribution is 2.38. The van der Waals surface area contributed by atoms with Gasteiger partial charge in [0.15, 0.2) is 5.78 Å². The van der Waals surface area contributed by atoms with E-state index in [4.69, 9.17) is 0 Å².